The van der Waals surface area contributed by atoms with Crippen molar-refractivity contribution in [3.8, 4) is 0 Å². The van der Waals surface area contributed by atoms with Crippen LogP contribution in [0.1, 0.15) is 117 Å². The van der Waals surface area contributed by atoms with Gasteiger partial charge in [-0.3, -0.25) is 24.1 Å². The molecule has 0 saturated heterocycles. The van der Waals surface area contributed by atoms with E-state index in [4.69, 9.17) is 4.74 Å². The number of hydrogen-bond donors (Lipinski definition) is 2. The van der Waals surface area contributed by atoms with Gasteiger partial charge in [0.2, 0.25) is 5.91 Å². The first kappa shape index (κ1) is 34.5. The van der Waals surface area contributed by atoms with Crippen molar-refractivity contribution in [3.05, 3.63) is 71.1 Å². The molecule has 1 amide bonds. The normalized spacial score (nSPS) is 34.3. The molecule has 278 valence electrons. The van der Waals surface area contributed by atoms with Crippen LogP contribution in [-0.4, -0.2) is 57.2 Å². The van der Waals surface area contributed by atoms with Crippen molar-refractivity contribution in [1.29, 1.82) is 0 Å². The summed E-state index contributed by atoms with van der Waals surface area (Å²) in [7, 11) is 1.82. The SMILES string of the molecule is Cn1ncnc1[C@H]1C2=NCC(=O)c3cc(F)cc(c32)N[C@@H]1c1ccc(NC(=O)CCOC2CC[C@H]3[C@@H]4CC[C@H]5CC(=O)CC[C@]5(C)[C@H]4CC[C@]23C)cc1. The fourth-order valence-electron chi connectivity index (χ4n) is 11.9. The molecule has 2 aromatic carbocycles. The molecule has 3 aromatic rings. The average Bonchev–Trinajstić information content (AvgIpc) is 3.71. The summed E-state index contributed by atoms with van der Waals surface area (Å²) in [5.74, 6) is 2.62. The first-order valence-electron chi connectivity index (χ1n) is 19.6. The molecule has 53 heavy (non-hydrogen) atoms. The highest BCUT2D eigenvalue weighted by molar-refractivity contribution is 6.21. The molecule has 1 unspecified atom stereocenters. The van der Waals surface area contributed by atoms with E-state index in [0.717, 1.165) is 37.2 Å². The van der Waals surface area contributed by atoms with Crippen LogP contribution in [0.3, 0.4) is 0 Å². The standard InChI is InChI=1S/C42H49FN6O4/c1-41-15-12-27(50)18-24(41)6-9-28-30-10-11-34(42(30,2)16-13-31(28)41)53-17-14-35(52)47-26-7-4-23(5-8-26)38-37(40-45-22-46-49(40)3)39-36-29(33(51)21-44-39)19-25(43)20-32(36)48-38/h4-5,7-8,19-20,22,24,28,30-31,34,37-38,48H,6,9-18,21H2,1-3H3,(H,47,52)/t24-,28-,30-,31-,34?,37+,38+,41-,42-/m0/s1. The number of ketones is 2. The lowest BCUT2D eigenvalue weighted by molar-refractivity contribution is -0.145. The van der Waals surface area contributed by atoms with Crippen LogP contribution in [0.25, 0.3) is 0 Å². The molecule has 1 aromatic heterocycles. The Kier molecular flexibility index (Phi) is 8.44. The van der Waals surface area contributed by atoms with Crippen molar-refractivity contribution in [3.63, 3.8) is 0 Å². The summed E-state index contributed by atoms with van der Waals surface area (Å²) < 4.78 is 22.9. The highest BCUT2D eigenvalue weighted by atomic mass is 19.1. The predicted molar refractivity (Wildman–Crippen MR) is 198 cm³/mol. The van der Waals surface area contributed by atoms with Crippen molar-refractivity contribution in [2.75, 3.05) is 23.8 Å². The van der Waals surface area contributed by atoms with Crippen molar-refractivity contribution in [1.82, 2.24) is 14.8 Å². The number of nitrogens with zero attached hydrogens (tertiary/aromatic N) is 4. The summed E-state index contributed by atoms with van der Waals surface area (Å²) >= 11 is 0. The number of carbonyl (C=O) groups excluding carboxylic acids is 3. The van der Waals surface area contributed by atoms with Crippen LogP contribution >= 0.6 is 0 Å². The lowest BCUT2D eigenvalue weighted by Crippen LogP contribution is -2.54. The molecule has 0 radical (unpaired) electrons. The summed E-state index contributed by atoms with van der Waals surface area (Å²) in [5, 5.41) is 10.8. The van der Waals surface area contributed by atoms with Crippen LogP contribution in [0.15, 0.2) is 47.7 Å². The molecule has 11 heteroatoms. The highest BCUT2D eigenvalue weighted by Crippen LogP contribution is 2.66. The number of benzene rings is 2. The molecule has 9 rings (SSSR count). The zero-order chi connectivity index (χ0) is 36.6. The smallest absolute Gasteiger partial charge is 0.226 e. The maximum absolute atomic E-state index is 14.7. The molecular weight excluding hydrogens is 671 g/mol. The number of nitrogens with one attached hydrogen (secondary N) is 2. The molecule has 10 nitrogen and oxygen atoms in total. The minimum Gasteiger partial charge on any atom is -0.377 e. The number of aromatic nitrogens is 3. The van der Waals surface area contributed by atoms with Gasteiger partial charge in [-0.1, -0.05) is 26.0 Å². The Morgan fingerprint density at radius 2 is 1.85 bits per heavy atom. The van der Waals surface area contributed by atoms with E-state index < -0.39 is 5.82 Å². The number of amides is 1. The number of Topliss-reactive ketones (excluding diaryl/α,β-unsaturated/α-hetero) is 2. The number of halogens is 1. The highest BCUT2D eigenvalue weighted by Gasteiger charge is 2.60. The predicted octanol–water partition coefficient (Wildman–Crippen LogP) is 7.22. The van der Waals surface area contributed by atoms with Crippen LogP contribution in [-0.2, 0) is 21.4 Å². The van der Waals surface area contributed by atoms with E-state index in [2.05, 4.69) is 39.6 Å². The van der Waals surface area contributed by atoms with E-state index in [-0.39, 0.29) is 48.1 Å². The van der Waals surface area contributed by atoms with Gasteiger partial charge in [-0.05, 0) is 109 Å². The molecule has 9 atom stereocenters. The molecule has 4 fully saturated rings. The minimum absolute atomic E-state index is 0.0491. The van der Waals surface area contributed by atoms with E-state index in [1.165, 1.54) is 50.6 Å². The van der Waals surface area contributed by atoms with Crippen molar-refractivity contribution in [2.24, 2.45) is 46.5 Å². The van der Waals surface area contributed by atoms with E-state index in [0.29, 0.717) is 69.6 Å². The number of anilines is 2. The Bertz CT molecular complexity index is 2010. The summed E-state index contributed by atoms with van der Waals surface area (Å²) in [5.41, 5.74) is 4.18. The lowest BCUT2D eigenvalue weighted by atomic mass is 9.45. The molecule has 0 bridgehead atoms. The van der Waals surface area contributed by atoms with Crippen LogP contribution in [0.5, 0.6) is 0 Å². The maximum Gasteiger partial charge on any atom is 0.226 e. The Morgan fingerprint density at radius 3 is 2.64 bits per heavy atom. The minimum atomic E-state index is -0.483. The van der Waals surface area contributed by atoms with Crippen molar-refractivity contribution < 1.29 is 23.5 Å². The van der Waals surface area contributed by atoms with Gasteiger partial charge in [0.1, 0.15) is 30.3 Å². The van der Waals surface area contributed by atoms with Crippen LogP contribution in [0, 0.1) is 40.3 Å². The quantitative estimate of drug-likeness (QED) is 0.264. The number of ether oxygens (including phenoxy) is 1. The van der Waals surface area contributed by atoms with Gasteiger partial charge in [0.05, 0.1) is 36.8 Å². The number of hydrogen-bond acceptors (Lipinski definition) is 8. The summed E-state index contributed by atoms with van der Waals surface area (Å²) in [4.78, 5) is 47.4. The second-order valence-corrected chi connectivity index (χ2v) is 17.1. The third-order valence-electron chi connectivity index (χ3n) is 14.6. The van der Waals surface area contributed by atoms with Crippen LogP contribution in [0.4, 0.5) is 15.8 Å². The first-order valence-corrected chi connectivity index (χ1v) is 19.6. The van der Waals surface area contributed by atoms with Gasteiger partial charge in [-0.25, -0.2) is 9.37 Å². The fourth-order valence-corrected chi connectivity index (χ4v) is 11.9. The van der Waals surface area contributed by atoms with Gasteiger partial charge in [-0.2, -0.15) is 5.10 Å². The van der Waals surface area contributed by atoms with Crippen LogP contribution < -0.4 is 10.6 Å². The van der Waals surface area contributed by atoms with Crippen LogP contribution in [0.2, 0.25) is 0 Å². The zero-order valence-electron chi connectivity index (χ0n) is 30.9. The third kappa shape index (κ3) is 5.67. The molecule has 6 aliphatic rings. The van der Waals surface area contributed by atoms with Crippen molar-refractivity contribution in [2.45, 2.75) is 96.1 Å². The number of aliphatic imine (C=N–C) groups is 1. The number of carbonyl (C=O) groups is 3. The summed E-state index contributed by atoms with van der Waals surface area (Å²) in [6.45, 7) is 5.28. The zero-order valence-corrected chi connectivity index (χ0v) is 30.9. The number of rotatable bonds is 7. The van der Waals surface area contributed by atoms with E-state index in [9.17, 15) is 18.8 Å². The molecule has 2 aliphatic heterocycles. The average molecular weight is 721 g/mol. The fraction of sp³-hybridized carbons (Fsp3) is 0.571. The second-order valence-electron chi connectivity index (χ2n) is 17.1. The van der Waals surface area contributed by atoms with E-state index >= 15 is 0 Å². The summed E-state index contributed by atoms with van der Waals surface area (Å²) in [6, 6.07) is 9.97. The molecule has 3 heterocycles. The number of aryl methyl sites for hydroxylation is 1. The Balaban J connectivity index is 0.843. The molecule has 2 N–H and O–H groups in total. The van der Waals surface area contributed by atoms with E-state index in [1.54, 1.807) is 4.68 Å². The van der Waals surface area contributed by atoms with Gasteiger partial charge >= 0.3 is 0 Å². The Hall–Kier alpha value is -4.25. The lowest BCUT2D eigenvalue weighted by Gasteiger charge is -2.60. The van der Waals surface area contributed by atoms with Gasteiger partial charge in [0.15, 0.2) is 5.78 Å². The number of fused-ring (bicyclic) bond motifs is 5. The summed E-state index contributed by atoms with van der Waals surface area (Å²) in [6.07, 6.45) is 11.6. The van der Waals surface area contributed by atoms with E-state index in [1.807, 2.05) is 31.3 Å². The maximum atomic E-state index is 14.7. The van der Waals surface area contributed by atoms with Gasteiger partial charge < -0.3 is 15.4 Å². The Morgan fingerprint density at radius 1 is 1.04 bits per heavy atom. The third-order valence-corrected chi connectivity index (χ3v) is 14.6. The van der Waals surface area contributed by atoms with Crippen molar-refractivity contribution >= 4 is 34.6 Å². The van der Waals surface area contributed by atoms with Gasteiger partial charge in [-0.15, -0.1) is 0 Å². The second kappa shape index (κ2) is 13.0. The molecule has 4 saturated carbocycles. The Labute approximate surface area is 309 Å². The monoisotopic (exact) mass is 720 g/mol. The molecular formula is C42H49FN6O4. The van der Waals surface area contributed by atoms with Gasteiger partial charge in [0.25, 0.3) is 0 Å². The topological polar surface area (TPSA) is 128 Å². The largest absolute Gasteiger partial charge is 0.377 e. The van der Waals surface area contributed by atoms with Gasteiger partial charge in [0, 0.05) is 42.4 Å². The first-order chi connectivity index (χ1) is 25.5. The molecule has 0 spiro atoms. The molecule has 4 aliphatic carbocycles.